The summed E-state index contributed by atoms with van der Waals surface area (Å²) in [6.45, 7) is 5.78. The molecule has 0 radical (unpaired) electrons. The second kappa shape index (κ2) is 17.7. The summed E-state index contributed by atoms with van der Waals surface area (Å²) >= 11 is 0. The van der Waals surface area contributed by atoms with Crippen LogP contribution in [0.25, 0.3) is 0 Å². The predicted molar refractivity (Wildman–Crippen MR) is 98.2 cm³/mol. The van der Waals surface area contributed by atoms with Crippen molar-refractivity contribution in [2.24, 2.45) is 0 Å². The van der Waals surface area contributed by atoms with Crippen molar-refractivity contribution in [2.45, 2.75) is 19.8 Å². The van der Waals surface area contributed by atoms with E-state index in [0.29, 0.717) is 0 Å². The smallest absolute Gasteiger partial charge is 0.0350 e. The van der Waals surface area contributed by atoms with Crippen molar-refractivity contribution in [1.82, 2.24) is 0 Å². The van der Waals surface area contributed by atoms with Crippen molar-refractivity contribution in [3.05, 3.63) is 110 Å². The fraction of sp³-hybridized carbons (Fsp3) is 0.143. The first-order valence-electron chi connectivity index (χ1n) is 7.36. The molecule has 0 rings (SSSR count). The zero-order valence-corrected chi connectivity index (χ0v) is 12.9. The Morgan fingerprint density at radius 3 is 1.19 bits per heavy atom. The van der Waals surface area contributed by atoms with Gasteiger partial charge in [0, 0.05) is 0 Å². The van der Waals surface area contributed by atoms with Crippen LogP contribution in [0.4, 0.5) is 0 Å². The quantitative estimate of drug-likeness (QED) is 0.404. The molecular formula is C21H26. The van der Waals surface area contributed by atoms with Gasteiger partial charge in [-0.1, -0.05) is 123 Å². The predicted octanol–water partition coefficient (Wildman–Crippen LogP) is 6.42. The molecule has 0 aromatic carbocycles. The fourth-order valence-corrected chi connectivity index (χ4v) is 1.25. The maximum Gasteiger partial charge on any atom is -0.0350 e. The average molecular weight is 278 g/mol. The molecule has 0 fully saturated rings. The Kier molecular flexibility index (Phi) is 15.7. The number of hydrogen-bond acceptors (Lipinski definition) is 0. The summed E-state index contributed by atoms with van der Waals surface area (Å²) in [4.78, 5) is 0. The van der Waals surface area contributed by atoms with Crippen LogP contribution in [0.2, 0.25) is 0 Å². The minimum absolute atomic E-state index is 1.14. The van der Waals surface area contributed by atoms with Crippen LogP contribution in [0.5, 0.6) is 0 Å². The summed E-state index contributed by atoms with van der Waals surface area (Å²) in [5.41, 5.74) is 0. The largest absolute Gasteiger partial charge is 0.0991 e. The monoisotopic (exact) mass is 278 g/mol. The van der Waals surface area contributed by atoms with E-state index < -0.39 is 0 Å². The van der Waals surface area contributed by atoms with Gasteiger partial charge in [0.1, 0.15) is 0 Å². The molecule has 0 spiro atoms. The van der Waals surface area contributed by atoms with Crippen molar-refractivity contribution >= 4 is 0 Å². The highest BCUT2D eigenvalue weighted by Crippen LogP contribution is 1.89. The van der Waals surface area contributed by atoms with E-state index in [4.69, 9.17) is 0 Å². The summed E-state index contributed by atoms with van der Waals surface area (Å²) < 4.78 is 0. The lowest BCUT2D eigenvalue weighted by Gasteiger charge is -1.79. The molecule has 0 bridgehead atoms. The highest BCUT2D eigenvalue weighted by Gasteiger charge is 1.68. The molecule has 0 saturated heterocycles. The van der Waals surface area contributed by atoms with Crippen LogP contribution in [-0.4, -0.2) is 0 Å². The molecule has 0 aromatic rings. The Labute approximate surface area is 130 Å². The third kappa shape index (κ3) is 17.7. The van der Waals surface area contributed by atoms with Gasteiger partial charge in [0.05, 0.1) is 0 Å². The lowest BCUT2D eigenvalue weighted by Crippen LogP contribution is -1.58. The van der Waals surface area contributed by atoms with Gasteiger partial charge in [-0.3, -0.25) is 0 Å². The summed E-state index contributed by atoms with van der Waals surface area (Å²) in [7, 11) is 0. The van der Waals surface area contributed by atoms with Gasteiger partial charge in [-0.15, -0.1) is 0 Å². The lowest BCUT2D eigenvalue weighted by molar-refractivity contribution is 0.959. The van der Waals surface area contributed by atoms with Crippen molar-refractivity contribution < 1.29 is 0 Å². The Morgan fingerprint density at radius 2 is 0.857 bits per heavy atom. The molecule has 0 aromatic heterocycles. The molecule has 0 aliphatic carbocycles. The van der Waals surface area contributed by atoms with E-state index in [2.05, 4.69) is 25.7 Å². The Hall–Kier alpha value is -2.34. The molecule has 0 saturated carbocycles. The molecule has 0 aliphatic heterocycles. The molecule has 0 heterocycles. The lowest BCUT2D eigenvalue weighted by atomic mass is 10.3. The van der Waals surface area contributed by atoms with E-state index in [0.717, 1.165) is 6.42 Å². The van der Waals surface area contributed by atoms with Crippen molar-refractivity contribution in [3.63, 3.8) is 0 Å². The third-order valence-electron chi connectivity index (χ3n) is 2.28. The molecule has 110 valence electrons. The summed E-state index contributed by atoms with van der Waals surface area (Å²) in [6.07, 6.45) is 36.2. The summed E-state index contributed by atoms with van der Waals surface area (Å²) in [5, 5.41) is 0. The second-order valence-electron chi connectivity index (χ2n) is 4.15. The van der Waals surface area contributed by atoms with Crippen LogP contribution >= 0.6 is 0 Å². The van der Waals surface area contributed by atoms with Crippen LogP contribution < -0.4 is 0 Å². The molecule has 21 heavy (non-hydrogen) atoms. The van der Waals surface area contributed by atoms with Crippen LogP contribution in [-0.2, 0) is 0 Å². The fourth-order valence-electron chi connectivity index (χ4n) is 1.25. The van der Waals surface area contributed by atoms with Crippen LogP contribution in [0, 0.1) is 0 Å². The SMILES string of the molecule is C=C/C=C/C=C/C=C/C=C/C=C/C=C/C=C/C=C/CCC. The first-order valence-corrected chi connectivity index (χ1v) is 7.36. The topological polar surface area (TPSA) is 0 Å². The summed E-state index contributed by atoms with van der Waals surface area (Å²) in [6, 6.07) is 0. The van der Waals surface area contributed by atoms with Gasteiger partial charge in [0.25, 0.3) is 0 Å². The van der Waals surface area contributed by atoms with Gasteiger partial charge in [-0.05, 0) is 6.42 Å². The van der Waals surface area contributed by atoms with Crippen molar-refractivity contribution in [1.29, 1.82) is 0 Å². The number of allylic oxidation sites excluding steroid dienone is 17. The molecule has 0 N–H and O–H groups in total. The van der Waals surface area contributed by atoms with E-state index >= 15 is 0 Å². The van der Waals surface area contributed by atoms with Gasteiger partial charge >= 0.3 is 0 Å². The van der Waals surface area contributed by atoms with E-state index in [9.17, 15) is 0 Å². The van der Waals surface area contributed by atoms with Crippen LogP contribution in [0.3, 0.4) is 0 Å². The molecule has 0 amide bonds. The maximum absolute atomic E-state index is 3.60. The summed E-state index contributed by atoms with van der Waals surface area (Å²) in [5.74, 6) is 0. The zero-order chi connectivity index (χ0) is 15.4. The molecule has 0 aliphatic rings. The Balaban J connectivity index is 3.82. The molecule has 0 atom stereocenters. The highest BCUT2D eigenvalue weighted by molar-refractivity contribution is 5.21. The molecule has 0 heteroatoms. The average Bonchev–Trinajstić information content (AvgIpc) is 2.50. The highest BCUT2D eigenvalue weighted by atomic mass is 13.8. The molecular weight excluding hydrogens is 252 g/mol. The van der Waals surface area contributed by atoms with Gasteiger partial charge in [0.15, 0.2) is 0 Å². The second-order valence-corrected chi connectivity index (χ2v) is 4.15. The van der Waals surface area contributed by atoms with Crippen LogP contribution in [0.15, 0.2) is 110 Å². The first-order chi connectivity index (χ1) is 10.4. The number of unbranched alkanes of at least 4 members (excludes halogenated alkanes) is 1. The van der Waals surface area contributed by atoms with Gasteiger partial charge in [-0.2, -0.15) is 0 Å². The van der Waals surface area contributed by atoms with Crippen molar-refractivity contribution in [2.75, 3.05) is 0 Å². The molecule has 0 nitrogen and oxygen atoms in total. The number of hydrogen-bond donors (Lipinski definition) is 0. The minimum Gasteiger partial charge on any atom is -0.0991 e. The van der Waals surface area contributed by atoms with E-state index in [1.165, 1.54) is 6.42 Å². The maximum atomic E-state index is 3.60. The van der Waals surface area contributed by atoms with Crippen LogP contribution in [0.1, 0.15) is 19.8 Å². The minimum atomic E-state index is 1.14. The Morgan fingerprint density at radius 1 is 0.524 bits per heavy atom. The van der Waals surface area contributed by atoms with E-state index in [1.54, 1.807) is 6.08 Å². The Bertz CT molecular complexity index is 460. The zero-order valence-electron chi connectivity index (χ0n) is 12.9. The van der Waals surface area contributed by atoms with Gasteiger partial charge < -0.3 is 0 Å². The standard InChI is InChI=1S/C21H26/c1-3-5-7-9-11-13-15-17-19-21-20-18-16-14-12-10-8-6-4-2/h3,5,7-21H,1,4,6H2,2H3/b7-5+,10-8+,11-9+,14-12+,15-13+,18-16+,19-17+,21-20+. The first kappa shape index (κ1) is 18.7. The normalized spacial score (nSPS) is 14.0. The van der Waals surface area contributed by atoms with Crippen molar-refractivity contribution in [3.8, 4) is 0 Å². The van der Waals surface area contributed by atoms with Gasteiger partial charge in [-0.25, -0.2) is 0 Å². The molecule has 0 unspecified atom stereocenters. The van der Waals surface area contributed by atoms with E-state index in [-0.39, 0.29) is 0 Å². The van der Waals surface area contributed by atoms with E-state index in [1.807, 2.05) is 85.1 Å². The van der Waals surface area contributed by atoms with Gasteiger partial charge in [0.2, 0.25) is 0 Å². The number of rotatable bonds is 10. The third-order valence-corrected chi connectivity index (χ3v) is 2.28.